The zero-order valence-electron chi connectivity index (χ0n) is 13.3. The first-order valence-corrected chi connectivity index (χ1v) is 8.61. The number of nitrogens with zero attached hydrogens (tertiary/aromatic N) is 2. The van der Waals surface area contributed by atoms with Gasteiger partial charge in [-0.1, -0.05) is 42.3 Å². The molecule has 1 amide bonds. The first kappa shape index (κ1) is 16.4. The van der Waals surface area contributed by atoms with Gasteiger partial charge in [0.1, 0.15) is 6.23 Å². The summed E-state index contributed by atoms with van der Waals surface area (Å²) in [7, 11) is 0. The Bertz CT molecular complexity index is 902. The molecule has 0 bridgehead atoms. The monoisotopic (exact) mass is 372 g/mol. The lowest BCUT2D eigenvalue weighted by molar-refractivity contribution is -0.119. The number of aliphatic hydroxyl groups excluding tert-OH is 1. The highest BCUT2D eigenvalue weighted by molar-refractivity contribution is 6.35. The molecule has 4 nitrogen and oxygen atoms in total. The van der Waals surface area contributed by atoms with E-state index in [1.807, 2.05) is 19.1 Å². The Balaban J connectivity index is 1.67. The second kappa shape index (κ2) is 5.47. The van der Waals surface area contributed by atoms with Gasteiger partial charge >= 0.3 is 0 Å². The van der Waals surface area contributed by atoms with Crippen LogP contribution in [0, 0.1) is 22.7 Å². The third kappa shape index (κ3) is 2.27. The van der Waals surface area contributed by atoms with Crippen molar-refractivity contribution in [2.75, 3.05) is 4.90 Å². The van der Waals surface area contributed by atoms with E-state index in [4.69, 9.17) is 28.5 Å². The second-order valence-corrected chi connectivity index (χ2v) is 7.64. The zero-order chi connectivity index (χ0) is 17.9. The normalized spacial score (nSPS) is 30.1. The Kier molecular flexibility index (Phi) is 3.59. The van der Waals surface area contributed by atoms with Crippen molar-refractivity contribution >= 4 is 34.8 Å². The minimum Gasteiger partial charge on any atom is -0.373 e. The van der Waals surface area contributed by atoms with Crippen LogP contribution in [-0.4, -0.2) is 17.2 Å². The number of benzene rings is 2. The van der Waals surface area contributed by atoms with Crippen molar-refractivity contribution < 1.29 is 9.90 Å². The van der Waals surface area contributed by atoms with Gasteiger partial charge in [-0.2, -0.15) is 5.26 Å². The van der Waals surface area contributed by atoms with Crippen LogP contribution in [0.25, 0.3) is 0 Å². The summed E-state index contributed by atoms with van der Waals surface area (Å²) in [6.45, 7) is 1.91. The molecule has 25 heavy (non-hydrogen) atoms. The first-order valence-electron chi connectivity index (χ1n) is 7.85. The van der Waals surface area contributed by atoms with Gasteiger partial charge in [0.2, 0.25) is 5.91 Å². The third-order valence-electron chi connectivity index (χ3n) is 5.39. The molecule has 1 aliphatic carbocycles. The average Bonchev–Trinajstić information content (AvgIpc) is 3.15. The number of hydrogen-bond donors (Lipinski definition) is 1. The molecule has 1 N–H and O–H groups in total. The number of fused-ring (bicyclic) bond motifs is 1. The molecule has 1 aliphatic heterocycles. The lowest BCUT2D eigenvalue weighted by atomic mass is 9.98. The third-order valence-corrected chi connectivity index (χ3v) is 5.83. The van der Waals surface area contributed by atoms with E-state index in [9.17, 15) is 9.90 Å². The molecule has 126 valence electrons. The summed E-state index contributed by atoms with van der Waals surface area (Å²) in [5.74, 6) is -0.496. The van der Waals surface area contributed by atoms with Crippen LogP contribution in [0.3, 0.4) is 0 Å². The van der Waals surface area contributed by atoms with E-state index in [1.165, 1.54) is 4.90 Å². The van der Waals surface area contributed by atoms with Crippen molar-refractivity contribution in [3.63, 3.8) is 0 Å². The fourth-order valence-electron chi connectivity index (χ4n) is 4.07. The van der Waals surface area contributed by atoms with E-state index in [0.717, 1.165) is 5.56 Å². The highest BCUT2D eigenvalue weighted by atomic mass is 35.5. The van der Waals surface area contributed by atoms with Crippen molar-refractivity contribution in [3.05, 3.63) is 63.6 Å². The molecule has 0 aromatic heterocycles. The van der Waals surface area contributed by atoms with Gasteiger partial charge in [-0.3, -0.25) is 9.69 Å². The Hall–Kier alpha value is -2.06. The number of nitriles is 1. The zero-order valence-corrected chi connectivity index (χ0v) is 14.8. The molecule has 1 unspecified atom stereocenters. The molecule has 1 saturated carbocycles. The Morgan fingerprint density at radius 3 is 2.20 bits per heavy atom. The van der Waals surface area contributed by atoms with Gasteiger partial charge in [-0.25, -0.2) is 0 Å². The van der Waals surface area contributed by atoms with Gasteiger partial charge in [-0.15, -0.1) is 0 Å². The number of rotatable bonds is 2. The molecule has 2 aromatic carbocycles. The summed E-state index contributed by atoms with van der Waals surface area (Å²) in [4.78, 5) is 14.3. The van der Waals surface area contributed by atoms with Gasteiger partial charge < -0.3 is 5.11 Å². The summed E-state index contributed by atoms with van der Waals surface area (Å²) >= 11 is 12.1. The maximum absolute atomic E-state index is 12.9. The lowest BCUT2D eigenvalue weighted by Gasteiger charge is -2.29. The molecule has 0 radical (unpaired) electrons. The Labute approximate surface area is 155 Å². The number of amides is 1. The number of anilines is 1. The molecule has 1 heterocycles. The van der Waals surface area contributed by atoms with Gasteiger partial charge in [0.15, 0.2) is 0 Å². The van der Waals surface area contributed by atoms with Crippen molar-refractivity contribution in [2.45, 2.75) is 19.1 Å². The largest absolute Gasteiger partial charge is 0.373 e. The SMILES string of the molecule is C[C@@]12C(O)N(c3cc(Cl)cc(Cl)c3)C(=O)[C@@H]1[C@@H]2c1ccc(C#N)cc1. The molecule has 2 fully saturated rings. The van der Waals surface area contributed by atoms with Crippen LogP contribution < -0.4 is 4.90 Å². The molecule has 1 saturated heterocycles. The van der Waals surface area contributed by atoms with E-state index in [1.54, 1.807) is 30.3 Å². The number of carbonyl (C=O) groups is 1. The van der Waals surface area contributed by atoms with E-state index in [0.29, 0.717) is 21.3 Å². The van der Waals surface area contributed by atoms with Crippen molar-refractivity contribution in [1.29, 1.82) is 5.26 Å². The molecule has 4 atom stereocenters. The summed E-state index contributed by atoms with van der Waals surface area (Å²) in [6, 6.07) is 14.1. The number of aliphatic hydroxyl groups is 1. The maximum Gasteiger partial charge on any atom is 0.233 e. The minimum atomic E-state index is -0.958. The van der Waals surface area contributed by atoms with E-state index >= 15 is 0 Å². The summed E-state index contributed by atoms with van der Waals surface area (Å²) in [5.41, 5.74) is 1.46. The van der Waals surface area contributed by atoms with E-state index < -0.39 is 11.6 Å². The Morgan fingerprint density at radius 1 is 1.12 bits per heavy atom. The van der Waals surface area contributed by atoms with Crippen molar-refractivity contribution in [1.82, 2.24) is 0 Å². The minimum absolute atomic E-state index is 0.0614. The second-order valence-electron chi connectivity index (χ2n) is 6.76. The van der Waals surface area contributed by atoms with E-state index in [-0.39, 0.29) is 17.7 Å². The van der Waals surface area contributed by atoms with E-state index in [2.05, 4.69) is 6.07 Å². The van der Waals surface area contributed by atoms with Gasteiger partial charge in [0.25, 0.3) is 0 Å². The summed E-state index contributed by atoms with van der Waals surface area (Å²) in [5, 5.41) is 20.6. The van der Waals surface area contributed by atoms with Crippen LogP contribution in [0.5, 0.6) is 0 Å². The van der Waals surface area contributed by atoms with Gasteiger partial charge in [0, 0.05) is 27.1 Å². The quantitative estimate of drug-likeness (QED) is 0.867. The highest BCUT2D eigenvalue weighted by Crippen LogP contribution is 2.71. The van der Waals surface area contributed by atoms with Crippen molar-refractivity contribution in [3.8, 4) is 6.07 Å². The van der Waals surface area contributed by atoms with Crippen LogP contribution in [0.1, 0.15) is 24.0 Å². The summed E-state index contributed by atoms with van der Waals surface area (Å²) in [6.07, 6.45) is -0.958. The Morgan fingerprint density at radius 2 is 1.72 bits per heavy atom. The predicted molar refractivity (Wildman–Crippen MR) is 95.4 cm³/mol. The number of carbonyl (C=O) groups excluding carboxylic acids is 1. The topological polar surface area (TPSA) is 64.3 Å². The van der Waals surface area contributed by atoms with Crippen molar-refractivity contribution in [2.24, 2.45) is 11.3 Å². The van der Waals surface area contributed by atoms with Crippen LogP contribution in [-0.2, 0) is 4.79 Å². The fourth-order valence-corrected chi connectivity index (χ4v) is 4.59. The van der Waals surface area contributed by atoms with Gasteiger partial charge in [0.05, 0.1) is 17.6 Å². The maximum atomic E-state index is 12.9. The highest BCUT2D eigenvalue weighted by Gasteiger charge is 2.76. The van der Waals surface area contributed by atoms with Crippen LogP contribution in [0.2, 0.25) is 10.0 Å². The number of halogens is 2. The number of hydrogen-bond acceptors (Lipinski definition) is 3. The fraction of sp³-hybridized carbons (Fsp3) is 0.263. The molecule has 0 spiro atoms. The summed E-state index contributed by atoms with van der Waals surface area (Å²) < 4.78 is 0. The van der Waals surface area contributed by atoms with Gasteiger partial charge in [-0.05, 0) is 35.9 Å². The van der Waals surface area contributed by atoms with Crippen LogP contribution in [0.15, 0.2) is 42.5 Å². The number of piperidine rings is 1. The standard InChI is InChI=1S/C19H14Cl2N2O2/c1-19-15(11-4-2-10(9-22)3-5-11)16(19)17(24)23(18(19)25)14-7-12(20)6-13(21)8-14/h2-8,15-16,18,25H,1H3/t15-,16-,18?,19-/m0/s1. The smallest absolute Gasteiger partial charge is 0.233 e. The van der Waals surface area contributed by atoms with Crippen LogP contribution in [0.4, 0.5) is 5.69 Å². The molecule has 2 aliphatic rings. The molecule has 4 rings (SSSR count). The molecule has 2 aromatic rings. The van der Waals surface area contributed by atoms with Crippen LogP contribution >= 0.6 is 23.2 Å². The first-order chi connectivity index (χ1) is 11.9. The lowest BCUT2D eigenvalue weighted by Crippen LogP contribution is -2.40. The predicted octanol–water partition coefficient (Wildman–Crippen LogP) is 3.95. The molecule has 6 heteroatoms. The average molecular weight is 373 g/mol. The molecular weight excluding hydrogens is 359 g/mol. The molecular formula is C19H14Cl2N2O2.